The van der Waals surface area contributed by atoms with Crippen molar-refractivity contribution in [1.82, 2.24) is 4.98 Å². The van der Waals surface area contributed by atoms with E-state index in [-0.39, 0.29) is 29.7 Å². The zero-order valence-corrected chi connectivity index (χ0v) is 11.5. The van der Waals surface area contributed by atoms with Crippen LogP contribution in [0.3, 0.4) is 0 Å². The number of carbonyl (C=O) groups is 1. The highest BCUT2D eigenvalue weighted by Gasteiger charge is 2.31. The van der Waals surface area contributed by atoms with Crippen LogP contribution in [0.1, 0.15) is 18.2 Å². The fourth-order valence-corrected chi connectivity index (χ4v) is 1.79. The van der Waals surface area contributed by atoms with Crippen molar-refractivity contribution in [3.8, 4) is 17.4 Å². The third kappa shape index (κ3) is 3.57. The first-order valence-corrected chi connectivity index (χ1v) is 6.33. The Labute approximate surface area is 123 Å². The van der Waals surface area contributed by atoms with Gasteiger partial charge in [0.15, 0.2) is 0 Å². The van der Waals surface area contributed by atoms with E-state index in [1.807, 2.05) is 0 Å². The Balaban J connectivity index is 2.42. The van der Waals surface area contributed by atoms with Crippen molar-refractivity contribution in [2.45, 2.75) is 19.5 Å². The molecule has 0 aliphatic rings. The smallest absolute Gasteiger partial charge is 0.416 e. The van der Waals surface area contributed by atoms with Crippen molar-refractivity contribution in [3.63, 3.8) is 0 Å². The molecule has 2 aromatic rings. The summed E-state index contributed by atoms with van der Waals surface area (Å²) in [6.45, 7) is 1.88. The van der Waals surface area contributed by atoms with Crippen molar-refractivity contribution in [2.75, 3.05) is 6.61 Å². The molecule has 8 heteroatoms. The number of carboxylic acids is 1. The summed E-state index contributed by atoms with van der Waals surface area (Å²) in [4.78, 5) is 14.7. The lowest BCUT2D eigenvalue weighted by Crippen LogP contribution is -2.04. The van der Waals surface area contributed by atoms with Crippen molar-refractivity contribution in [3.05, 3.63) is 35.5 Å². The van der Waals surface area contributed by atoms with E-state index >= 15 is 0 Å². The van der Waals surface area contributed by atoms with Crippen LogP contribution in [0.25, 0.3) is 11.5 Å². The van der Waals surface area contributed by atoms with Gasteiger partial charge in [-0.15, -0.1) is 0 Å². The highest BCUT2D eigenvalue weighted by molar-refractivity contribution is 5.70. The molecular formula is C14H12F3NO4. The summed E-state index contributed by atoms with van der Waals surface area (Å²) >= 11 is 0. The largest absolute Gasteiger partial charge is 0.481 e. The SMILES string of the molecule is CCOc1oc(-c2cccc(C(F)(F)F)c2)nc1CC(=O)O. The maximum atomic E-state index is 12.7. The van der Waals surface area contributed by atoms with Crippen molar-refractivity contribution >= 4 is 5.97 Å². The van der Waals surface area contributed by atoms with Crippen LogP contribution < -0.4 is 4.74 Å². The molecule has 1 aromatic carbocycles. The van der Waals surface area contributed by atoms with Gasteiger partial charge in [-0.1, -0.05) is 6.07 Å². The second kappa shape index (κ2) is 6.08. The van der Waals surface area contributed by atoms with Gasteiger partial charge in [0.05, 0.1) is 18.6 Å². The molecule has 118 valence electrons. The number of carboxylic acid groups (broad SMARTS) is 1. The minimum absolute atomic E-state index is 0.0294. The lowest BCUT2D eigenvalue weighted by Gasteiger charge is -2.06. The first-order chi connectivity index (χ1) is 10.3. The van der Waals surface area contributed by atoms with Crippen LogP contribution >= 0.6 is 0 Å². The number of nitrogens with zero attached hydrogens (tertiary/aromatic N) is 1. The number of halogens is 3. The summed E-state index contributed by atoms with van der Waals surface area (Å²) < 4.78 is 48.5. The fourth-order valence-electron chi connectivity index (χ4n) is 1.79. The summed E-state index contributed by atoms with van der Waals surface area (Å²) in [5, 5.41) is 8.80. The number of alkyl halides is 3. The average molecular weight is 315 g/mol. The molecule has 0 spiro atoms. The lowest BCUT2D eigenvalue weighted by atomic mass is 10.1. The van der Waals surface area contributed by atoms with Crippen molar-refractivity contribution in [2.24, 2.45) is 0 Å². The molecule has 0 bridgehead atoms. The van der Waals surface area contributed by atoms with Gasteiger partial charge in [0.1, 0.15) is 5.69 Å². The van der Waals surface area contributed by atoms with E-state index in [2.05, 4.69) is 4.98 Å². The van der Waals surface area contributed by atoms with E-state index in [4.69, 9.17) is 14.3 Å². The van der Waals surface area contributed by atoms with Gasteiger partial charge in [-0.05, 0) is 25.1 Å². The van der Waals surface area contributed by atoms with E-state index in [9.17, 15) is 18.0 Å². The first-order valence-electron chi connectivity index (χ1n) is 6.33. The molecule has 2 rings (SSSR count). The Bertz CT molecular complexity index is 679. The van der Waals surface area contributed by atoms with Crippen LogP contribution in [0.2, 0.25) is 0 Å². The van der Waals surface area contributed by atoms with Crippen LogP contribution in [0, 0.1) is 0 Å². The molecule has 0 fully saturated rings. The molecule has 1 aromatic heterocycles. The van der Waals surface area contributed by atoms with E-state index < -0.39 is 24.1 Å². The minimum Gasteiger partial charge on any atom is -0.481 e. The molecule has 0 aliphatic carbocycles. The quantitative estimate of drug-likeness (QED) is 0.915. The van der Waals surface area contributed by atoms with Crippen LogP contribution in [-0.4, -0.2) is 22.7 Å². The number of aliphatic carboxylic acids is 1. The molecule has 0 saturated carbocycles. The van der Waals surface area contributed by atoms with Gasteiger partial charge in [-0.2, -0.15) is 13.2 Å². The molecule has 5 nitrogen and oxygen atoms in total. The van der Waals surface area contributed by atoms with Gasteiger partial charge >= 0.3 is 18.1 Å². The summed E-state index contributed by atoms with van der Waals surface area (Å²) in [7, 11) is 0. The number of hydrogen-bond donors (Lipinski definition) is 1. The highest BCUT2D eigenvalue weighted by atomic mass is 19.4. The Hall–Kier alpha value is -2.51. The molecular weight excluding hydrogens is 303 g/mol. The normalized spacial score (nSPS) is 11.5. The Morgan fingerprint density at radius 1 is 1.41 bits per heavy atom. The molecule has 0 unspecified atom stereocenters. The van der Waals surface area contributed by atoms with Gasteiger partial charge in [0.25, 0.3) is 0 Å². The maximum absolute atomic E-state index is 12.7. The number of rotatable bonds is 5. The third-order valence-electron chi connectivity index (χ3n) is 2.69. The fraction of sp³-hybridized carbons (Fsp3) is 0.286. The standard InChI is InChI=1S/C14H12F3NO4/c1-2-21-13-10(7-11(19)20)18-12(22-13)8-4-3-5-9(6-8)14(15,16)17/h3-6H,2,7H2,1H3,(H,19,20). The monoisotopic (exact) mass is 315 g/mol. The minimum atomic E-state index is -4.49. The lowest BCUT2D eigenvalue weighted by molar-refractivity contribution is -0.138. The first kappa shape index (κ1) is 15.9. The molecule has 0 aliphatic heterocycles. The maximum Gasteiger partial charge on any atom is 0.416 e. The van der Waals surface area contributed by atoms with Crippen LogP contribution in [0.15, 0.2) is 28.7 Å². The van der Waals surface area contributed by atoms with E-state index in [0.717, 1.165) is 12.1 Å². The van der Waals surface area contributed by atoms with Crippen molar-refractivity contribution < 1.29 is 32.2 Å². The van der Waals surface area contributed by atoms with Crippen LogP contribution in [0.4, 0.5) is 13.2 Å². The number of hydrogen-bond acceptors (Lipinski definition) is 4. The zero-order chi connectivity index (χ0) is 16.3. The van der Waals surface area contributed by atoms with Gasteiger partial charge in [0, 0.05) is 5.56 Å². The third-order valence-corrected chi connectivity index (χ3v) is 2.69. The van der Waals surface area contributed by atoms with Crippen LogP contribution in [-0.2, 0) is 17.4 Å². The van der Waals surface area contributed by atoms with E-state index in [1.54, 1.807) is 6.92 Å². The summed E-state index contributed by atoms with van der Waals surface area (Å²) in [5.74, 6) is -1.37. The second-order valence-electron chi connectivity index (χ2n) is 4.34. The summed E-state index contributed by atoms with van der Waals surface area (Å²) in [6.07, 6.45) is -4.94. The summed E-state index contributed by atoms with van der Waals surface area (Å²) in [5.41, 5.74) is -0.727. The molecule has 22 heavy (non-hydrogen) atoms. The number of ether oxygens (including phenoxy) is 1. The van der Waals surface area contributed by atoms with Gasteiger partial charge in [0.2, 0.25) is 5.89 Å². The predicted molar refractivity (Wildman–Crippen MR) is 69.4 cm³/mol. The summed E-state index contributed by atoms with van der Waals surface area (Å²) in [6, 6.07) is 4.42. The predicted octanol–water partition coefficient (Wildman–Crippen LogP) is 3.39. The highest BCUT2D eigenvalue weighted by Crippen LogP contribution is 2.33. The average Bonchev–Trinajstić information content (AvgIpc) is 2.81. The number of aromatic nitrogens is 1. The van der Waals surface area contributed by atoms with E-state index in [0.29, 0.717) is 0 Å². The van der Waals surface area contributed by atoms with Gasteiger partial charge in [-0.25, -0.2) is 4.98 Å². The molecule has 0 atom stereocenters. The van der Waals surface area contributed by atoms with Gasteiger partial charge < -0.3 is 14.3 Å². The van der Waals surface area contributed by atoms with Crippen molar-refractivity contribution in [1.29, 1.82) is 0 Å². The topological polar surface area (TPSA) is 72.6 Å². The van der Waals surface area contributed by atoms with Gasteiger partial charge in [-0.3, -0.25) is 4.79 Å². The Morgan fingerprint density at radius 2 is 2.14 bits per heavy atom. The molecule has 0 radical (unpaired) electrons. The molecule has 1 heterocycles. The molecule has 0 saturated heterocycles. The number of benzene rings is 1. The molecule has 1 N–H and O–H groups in total. The Kier molecular flexibility index (Phi) is 4.39. The van der Waals surface area contributed by atoms with Crippen LogP contribution in [0.5, 0.6) is 5.95 Å². The number of oxazole rings is 1. The Morgan fingerprint density at radius 3 is 2.73 bits per heavy atom. The zero-order valence-electron chi connectivity index (χ0n) is 11.5. The second-order valence-corrected chi connectivity index (χ2v) is 4.34. The van der Waals surface area contributed by atoms with E-state index in [1.165, 1.54) is 12.1 Å². The molecule has 0 amide bonds.